The summed E-state index contributed by atoms with van der Waals surface area (Å²) in [7, 11) is -3.69. The lowest BCUT2D eigenvalue weighted by molar-refractivity contribution is -0.115. The molecule has 0 spiro atoms. The lowest BCUT2D eigenvalue weighted by Gasteiger charge is -2.15. The standard InChI is InChI=1S/C21H22N4O3S/c1-13-6-8-15(9-7-13)11-18(26)23-20-19-17(24-25-20)12-22-21(19)29(27,28)16-5-3-4-14(2)10-16/h3-10,21-22H,11-12H2,1-2H3,(H2,23,24,25,26). The van der Waals surface area contributed by atoms with Crippen molar-refractivity contribution >= 4 is 21.6 Å². The van der Waals surface area contributed by atoms with Gasteiger partial charge in [0.15, 0.2) is 15.7 Å². The van der Waals surface area contributed by atoms with Gasteiger partial charge in [0.2, 0.25) is 5.91 Å². The molecule has 7 nitrogen and oxygen atoms in total. The maximum atomic E-state index is 13.2. The lowest BCUT2D eigenvalue weighted by atomic mass is 10.1. The van der Waals surface area contributed by atoms with Gasteiger partial charge in [-0.1, -0.05) is 42.0 Å². The zero-order valence-corrected chi connectivity index (χ0v) is 17.0. The number of amides is 1. The second kappa shape index (κ2) is 7.46. The summed E-state index contributed by atoms with van der Waals surface area (Å²) in [5.74, 6) is 0.00472. The number of carbonyl (C=O) groups is 1. The molecule has 29 heavy (non-hydrogen) atoms. The first-order valence-electron chi connectivity index (χ1n) is 9.31. The van der Waals surface area contributed by atoms with Crippen molar-refractivity contribution in [2.24, 2.45) is 0 Å². The minimum Gasteiger partial charge on any atom is -0.309 e. The Hall–Kier alpha value is -2.97. The van der Waals surface area contributed by atoms with Gasteiger partial charge in [-0.15, -0.1) is 0 Å². The van der Waals surface area contributed by atoms with Crippen LogP contribution >= 0.6 is 0 Å². The van der Waals surface area contributed by atoms with Gasteiger partial charge in [-0.05, 0) is 37.1 Å². The van der Waals surface area contributed by atoms with Crippen LogP contribution in [0.4, 0.5) is 5.82 Å². The van der Waals surface area contributed by atoms with Crippen molar-refractivity contribution < 1.29 is 13.2 Å². The van der Waals surface area contributed by atoms with Gasteiger partial charge in [-0.2, -0.15) is 5.10 Å². The van der Waals surface area contributed by atoms with E-state index in [1.165, 1.54) is 0 Å². The van der Waals surface area contributed by atoms with Crippen LogP contribution in [0, 0.1) is 13.8 Å². The number of nitrogens with one attached hydrogen (secondary N) is 3. The van der Waals surface area contributed by atoms with Crippen molar-refractivity contribution in [2.45, 2.75) is 37.1 Å². The van der Waals surface area contributed by atoms with E-state index in [1.54, 1.807) is 18.2 Å². The molecule has 8 heteroatoms. The Balaban J connectivity index is 1.58. The molecule has 0 saturated heterocycles. The van der Waals surface area contributed by atoms with Crippen molar-refractivity contribution in [1.82, 2.24) is 15.5 Å². The van der Waals surface area contributed by atoms with Crippen LogP contribution in [-0.4, -0.2) is 24.5 Å². The number of aromatic nitrogens is 2. The SMILES string of the molecule is Cc1ccc(CC(=O)Nc2n[nH]c3c2C(S(=O)(=O)c2cccc(C)c2)NC3)cc1. The van der Waals surface area contributed by atoms with E-state index >= 15 is 0 Å². The zero-order chi connectivity index (χ0) is 20.6. The summed E-state index contributed by atoms with van der Waals surface area (Å²) in [6.07, 6.45) is 0.185. The van der Waals surface area contributed by atoms with Crippen molar-refractivity contribution in [3.63, 3.8) is 0 Å². The van der Waals surface area contributed by atoms with Crippen molar-refractivity contribution in [2.75, 3.05) is 5.32 Å². The van der Waals surface area contributed by atoms with Crippen LogP contribution in [0.3, 0.4) is 0 Å². The molecule has 1 aromatic heterocycles. The molecule has 1 aliphatic rings. The van der Waals surface area contributed by atoms with E-state index in [9.17, 15) is 13.2 Å². The van der Waals surface area contributed by atoms with Crippen LogP contribution in [0.5, 0.6) is 0 Å². The van der Waals surface area contributed by atoms with Crippen LogP contribution < -0.4 is 10.6 Å². The number of aromatic amines is 1. The molecule has 2 heterocycles. The topological polar surface area (TPSA) is 104 Å². The Labute approximate surface area is 169 Å². The van der Waals surface area contributed by atoms with Crippen LogP contribution in [0.15, 0.2) is 53.4 Å². The van der Waals surface area contributed by atoms with Crippen LogP contribution in [0.25, 0.3) is 0 Å². The molecule has 0 bridgehead atoms. The Kier molecular flexibility index (Phi) is 4.97. The van der Waals surface area contributed by atoms with Crippen molar-refractivity contribution in [1.29, 1.82) is 0 Å². The maximum absolute atomic E-state index is 13.2. The summed E-state index contributed by atoms with van der Waals surface area (Å²) >= 11 is 0. The van der Waals surface area contributed by atoms with Crippen LogP contribution in [-0.2, 0) is 27.6 Å². The predicted molar refractivity (Wildman–Crippen MR) is 110 cm³/mol. The Morgan fingerprint density at radius 2 is 1.90 bits per heavy atom. The number of nitrogens with zero attached hydrogens (tertiary/aromatic N) is 1. The van der Waals surface area contributed by atoms with E-state index in [-0.39, 0.29) is 23.0 Å². The smallest absolute Gasteiger partial charge is 0.230 e. The number of hydrogen-bond donors (Lipinski definition) is 3. The third-order valence-corrected chi connectivity index (χ3v) is 6.91. The molecule has 4 rings (SSSR count). The maximum Gasteiger partial charge on any atom is 0.230 e. The quantitative estimate of drug-likeness (QED) is 0.600. The average Bonchev–Trinajstić information content (AvgIpc) is 3.27. The van der Waals surface area contributed by atoms with Gasteiger partial charge in [-0.25, -0.2) is 8.42 Å². The molecule has 0 fully saturated rings. The van der Waals surface area contributed by atoms with Gasteiger partial charge in [0, 0.05) is 6.54 Å². The highest BCUT2D eigenvalue weighted by Gasteiger charge is 2.38. The fourth-order valence-electron chi connectivity index (χ4n) is 3.46. The molecular formula is C21H22N4O3S. The third-order valence-electron chi connectivity index (χ3n) is 4.98. The molecule has 1 unspecified atom stereocenters. The molecule has 2 aromatic carbocycles. The summed E-state index contributed by atoms with van der Waals surface area (Å²) in [5, 5.41) is 11.8. The Morgan fingerprint density at radius 3 is 2.62 bits per heavy atom. The minimum atomic E-state index is -3.69. The third kappa shape index (κ3) is 3.81. The number of anilines is 1. The first kappa shape index (κ1) is 19.4. The summed E-state index contributed by atoms with van der Waals surface area (Å²) in [5.41, 5.74) is 4.00. The summed E-state index contributed by atoms with van der Waals surface area (Å²) in [4.78, 5) is 12.7. The van der Waals surface area contributed by atoms with E-state index in [0.29, 0.717) is 17.8 Å². The number of H-pyrrole nitrogens is 1. The monoisotopic (exact) mass is 410 g/mol. The van der Waals surface area contributed by atoms with Gasteiger partial charge in [0.05, 0.1) is 22.6 Å². The molecule has 150 valence electrons. The largest absolute Gasteiger partial charge is 0.309 e. The summed E-state index contributed by atoms with van der Waals surface area (Å²) < 4.78 is 26.4. The fraction of sp³-hybridized carbons (Fsp3) is 0.238. The lowest BCUT2D eigenvalue weighted by Crippen LogP contribution is -2.24. The number of hydrogen-bond acceptors (Lipinski definition) is 5. The first-order chi connectivity index (χ1) is 13.8. The van der Waals surface area contributed by atoms with E-state index in [1.807, 2.05) is 44.2 Å². The number of aryl methyl sites for hydroxylation is 2. The van der Waals surface area contributed by atoms with Gasteiger partial charge >= 0.3 is 0 Å². The molecule has 0 radical (unpaired) electrons. The zero-order valence-electron chi connectivity index (χ0n) is 16.2. The first-order valence-corrected chi connectivity index (χ1v) is 10.9. The van der Waals surface area contributed by atoms with E-state index in [4.69, 9.17) is 0 Å². The molecule has 1 atom stereocenters. The van der Waals surface area contributed by atoms with Gasteiger partial charge in [0.25, 0.3) is 0 Å². The van der Waals surface area contributed by atoms with Crippen LogP contribution in [0.2, 0.25) is 0 Å². The number of carbonyl (C=O) groups excluding carboxylic acids is 1. The molecule has 3 aromatic rings. The van der Waals surface area contributed by atoms with Crippen molar-refractivity contribution in [3.05, 3.63) is 76.5 Å². The van der Waals surface area contributed by atoms with Gasteiger partial charge in [0.1, 0.15) is 5.37 Å². The minimum absolute atomic E-state index is 0.185. The highest BCUT2D eigenvalue weighted by atomic mass is 32.2. The van der Waals surface area contributed by atoms with E-state index in [2.05, 4.69) is 20.8 Å². The molecule has 0 aliphatic carbocycles. The predicted octanol–water partition coefficient (Wildman–Crippen LogP) is 2.78. The normalized spacial score (nSPS) is 15.9. The highest BCUT2D eigenvalue weighted by molar-refractivity contribution is 7.91. The average molecular weight is 410 g/mol. The second-order valence-electron chi connectivity index (χ2n) is 7.30. The number of rotatable bonds is 5. The summed E-state index contributed by atoms with van der Waals surface area (Å²) in [6, 6.07) is 14.5. The molecule has 1 aliphatic heterocycles. The number of benzene rings is 2. The van der Waals surface area contributed by atoms with Gasteiger partial charge < -0.3 is 5.32 Å². The highest BCUT2D eigenvalue weighted by Crippen LogP contribution is 2.37. The van der Waals surface area contributed by atoms with E-state index in [0.717, 1.165) is 16.7 Å². The molecule has 1 amide bonds. The summed E-state index contributed by atoms with van der Waals surface area (Å²) in [6.45, 7) is 4.17. The second-order valence-corrected chi connectivity index (χ2v) is 9.33. The van der Waals surface area contributed by atoms with Crippen molar-refractivity contribution in [3.8, 4) is 0 Å². The van der Waals surface area contributed by atoms with E-state index < -0.39 is 15.2 Å². The number of sulfone groups is 1. The molecule has 3 N–H and O–H groups in total. The fourth-order valence-corrected chi connectivity index (χ4v) is 5.21. The molecular weight excluding hydrogens is 388 g/mol. The van der Waals surface area contributed by atoms with Crippen LogP contribution in [0.1, 0.15) is 33.3 Å². The Morgan fingerprint density at radius 1 is 1.14 bits per heavy atom. The Bertz CT molecular complexity index is 1170. The van der Waals surface area contributed by atoms with Gasteiger partial charge in [-0.3, -0.25) is 15.2 Å². The number of fused-ring (bicyclic) bond motifs is 1. The molecule has 0 saturated carbocycles.